The van der Waals surface area contributed by atoms with Crippen LogP contribution in [-0.4, -0.2) is 50.8 Å². The summed E-state index contributed by atoms with van der Waals surface area (Å²) in [6.45, 7) is 2.30. The van der Waals surface area contributed by atoms with Gasteiger partial charge < -0.3 is 19.4 Å². The number of methoxy groups -OCH3 is 1. The standard InChI is InChI=1S/C38H30F4N6O3S/c1-17-46-47-37(51-17)27-23(12-7-18-5-8-20(39)9-6-18)44-33-24-4-3-15-48(24)38(49)29(33)28(27)25-16-19-13-14-43-36(35(19)52-25)45-32-21-10-11-22(40)34(50-2)26(21)30(41)31(32)42/h5-6,8-11,13-14,16,24,30-32H,3-4,7,12,15H2,1-2H3,(H,43,45)/t24?,30-,31-,32?/m0/s1. The van der Waals surface area contributed by atoms with E-state index < -0.39 is 24.2 Å². The van der Waals surface area contributed by atoms with E-state index in [1.165, 1.54) is 36.6 Å². The summed E-state index contributed by atoms with van der Waals surface area (Å²) >= 11 is 1.33. The van der Waals surface area contributed by atoms with Gasteiger partial charge in [-0.1, -0.05) is 18.2 Å². The maximum atomic E-state index is 15.7. The minimum absolute atomic E-state index is 0.130. The van der Waals surface area contributed by atoms with Crippen LogP contribution in [0, 0.1) is 18.6 Å². The summed E-state index contributed by atoms with van der Waals surface area (Å²) in [7, 11) is 1.22. The molecule has 14 heteroatoms. The Kier molecular flexibility index (Phi) is 7.75. The van der Waals surface area contributed by atoms with Crippen LogP contribution in [0.25, 0.3) is 32.0 Å². The summed E-state index contributed by atoms with van der Waals surface area (Å²) in [4.78, 5) is 26.4. The first-order valence-corrected chi connectivity index (χ1v) is 17.8. The van der Waals surface area contributed by atoms with E-state index in [1.807, 2.05) is 11.0 Å². The molecule has 3 aliphatic rings. The summed E-state index contributed by atoms with van der Waals surface area (Å²) in [6.07, 6.45) is 0.0502. The topological polar surface area (TPSA) is 106 Å². The van der Waals surface area contributed by atoms with Crippen LogP contribution >= 0.6 is 11.3 Å². The number of rotatable bonds is 8. The number of nitrogens with zero attached hydrogens (tertiary/aromatic N) is 5. The third-order valence-corrected chi connectivity index (χ3v) is 11.4. The molecule has 0 spiro atoms. The number of anilines is 1. The predicted molar refractivity (Wildman–Crippen MR) is 186 cm³/mol. The third kappa shape index (κ3) is 5.06. The van der Waals surface area contributed by atoms with Crippen LogP contribution < -0.4 is 10.1 Å². The van der Waals surface area contributed by atoms with Crippen molar-refractivity contribution < 1.29 is 31.5 Å². The Balaban J connectivity index is 1.20. The summed E-state index contributed by atoms with van der Waals surface area (Å²) in [5, 5.41) is 12.3. The number of hydrogen-bond acceptors (Lipinski definition) is 9. The molecule has 1 N–H and O–H groups in total. The predicted octanol–water partition coefficient (Wildman–Crippen LogP) is 8.59. The number of benzene rings is 2. The normalized spacial score (nSPS) is 20.4. The van der Waals surface area contributed by atoms with E-state index in [2.05, 4.69) is 20.5 Å². The Morgan fingerprint density at radius 2 is 1.87 bits per heavy atom. The smallest absolute Gasteiger partial charge is 0.257 e. The molecule has 6 heterocycles. The van der Waals surface area contributed by atoms with Crippen molar-refractivity contribution in [3.05, 3.63) is 106 Å². The molecule has 1 fully saturated rings. The second kappa shape index (κ2) is 12.4. The molecule has 9 nitrogen and oxygen atoms in total. The fraction of sp³-hybridized carbons (Fsp3) is 0.289. The number of thiophene rings is 1. The Hall–Kier alpha value is -5.37. The molecule has 2 unspecified atom stereocenters. The summed E-state index contributed by atoms with van der Waals surface area (Å²) < 4.78 is 71.0. The number of hydrogen-bond donors (Lipinski definition) is 1. The van der Waals surface area contributed by atoms with Crippen LogP contribution in [0.5, 0.6) is 5.75 Å². The second-order valence-electron chi connectivity index (χ2n) is 13.2. The van der Waals surface area contributed by atoms with E-state index in [-0.39, 0.29) is 40.5 Å². The number of halogens is 4. The fourth-order valence-electron chi connectivity index (χ4n) is 7.87. The van der Waals surface area contributed by atoms with Gasteiger partial charge in [-0.25, -0.2) is 22.5 Å². The number of aromatic nitrogens is 4. The third-order valence-electron chi connectivity index (χ3n) is 10.2. The summed E-state index contributed by atoms with van der Waals surface area (Å²) in [6, 6.07) is 11.2. The van der Waals surface area contributed by atoms with Crippen molar-refractivity contribution in [1.82, 2.24) is 25.1 Å². The van der Waals surface area contributed by atoms with E-state index in [9.17, 15) is 13.6 Å². The van der Waals surface area contributed by atoms with E-state index in [0.717, 1.165) is 29.9 Å². The van der Waals surface area contributed by atoms with Crippen LogP contribution in [0.1, 0.15) is 75.4 Å². The van der Waals surface area contributed by atoms with Crippen molar-refractivity contribution >= 4 is 33.1 Å². The van der Waals surface area contributed by atoms with Crippen molar-refractivity contribution in [2.24, 2.45) is 0 Å². The van der Waals surface area contributed by atoms with Crippen LogP contribution in [0.15, 0.2) is 59.1 Å². The monoisotopic (exact) mass is 726 g/mol. The van der Waals surface area contributed by atoms with E-state index in [0.29, 0.717) is 68.8 Å². The first-order chi connectivity index (χ1) is 25.2. The molecule has 9 rings (SSSR count). The molecule has 0 radical (unpaired) electrons. The number of aryl methyl sites for hydroxylation is 3. The molecule has 4 aromatic heterocycles. The minimum Gasteiger partial charge on any atom is -0.493 e. The lowest BCUT2D eigenvalue weighted by Gasteiger charge is -2.18. The second-order valence-corrected chi connectivity index (χ2v) is 14.3. The maximum Gasteiger partial charge on any atom is 0.257 e. The van der Waals surface area contributed by atoms with Crippen molar-refractivity contribution in [2.45, 2.75) is 57.0 Å². The van der Waals surface area contributed by atoms with Crippen LogP contribution in [-0.2, 0) is 12.8 Å². The SMILES string of the molecule is COc1c(F)ccc2c1[C@H](F)[C@H](F)C2Nc1nccc2cc(-c3c4c(nc(CCc5ccc(F)cc5)c3-c3nnc(C)o3)C3CCCN3C4=O)sc12. The van der Waals surface area contributed by atoms with Gasteiger partial charge >= 0.3 is 0 Å². The first-order valence-electron chi connectivity index (χ1n) is 16.9. The zero-order valence-corrected chi connectivity index (χ0v) is 28.7. The number of ether oxygens (including phenoxy) is 1. The Morgan fingerprint density at radius 1 is 1.04 bits per heavy atom. The molecule has 264 valence electrons. The lowest BCUT2D eigenvalue weighted by Crippen LogP contribution is -2.22. The van der Waals surface area contributed by atoms with Crippen LogP contribution in [0.4, 0.5) is 23.4 Å². The van der Waals surface area contributed by atoms with Crippen LogP contribution in [0.2, 0.25) is 0 Å². The number of nitrogens with one attached hydrogen (secondary N) is 1. The fourth-order valence-corrected chi connectivity index (χ4v) is 9.03. The highest BCUT2D eigenvalue weighted by atomic mass is 32.1. The van der Waals surface area contributed by atoms with Crippen molar-refractivity contribution in [3.8, 4) is 27.6 Å². The van der Waals surface area contributed by atoms with Gasteiger partial charge in [0.15, 0.2) is 23.9 Å². The van der Waals surface area contributed by atoms with Gasteiger partial charge in [0, 0.05) is 35.7 Å². The number of carbonyl (C=O) groups is 1. The average molecular weight is 727 g/mol. The summed E-state index contributed by atoms with van der Waals surface area (Å²) in [5.74, 6) is -0.701. The van der Waals surface area contributed by atoms with Gasteiger partial charge in [-0.05, 0) is 72.5 Å². The Bertz CT molecular complexity index is 2400. The first kappa shape index (κ1) is 32.5. The molecule has 2 aliphatic heterocycles. The minimum atomic E-state index is -2.11. The molecule has 1 aliphatic carbocycles. The Morgan fingerprint density at radius 3 is 2.63 bits per heavy atom. The highest BCUT2D eigenvalue weighted by Gasteiger charge is 2.46. The Labute approximate surface area is 298 Å². The van der Waals surface area contributed by atoms with Gasteiger partial charge in [0.05, 0.1) is 46.4 Å². The lowest BCUT2D eigenvalue weighted by atomic mass is 9.93. The lowest BCUT2D eigenvalue weighted by molar-refractivity contribution is 0.0776. The van der Waals surface area contributed by atoms with Gasteiger partial charge in [-0.2, -0.15) is 0 Å². The highest BCUT2D eigenvalue weighted by molar-refractivity contribution is 7.23. The number of alkyl halides is 2. The van der Waals surface area contributed by atoms with Crippen molar-refractivity contribution in [2.75, 3.05) is 19.0 Å². The van der Waals surface area contributed by atoms with Gasteiger partial charge in [0.25, 0.3) is 5.91 Å². The van der Waals surface area contributed by atoms with Gasteiger partial charge in [0.2, 0.25) is 11.8 Å². The molecule has 0 saturated carbocycles. The number of pyridine rings is 2. The molecule has 52 heavy (non-hydrogen) atoms. The van der Waals surface area contributed by atoms with Gasteiger partial charge in [0.1, 0.15) is 11.6 Å². The molecular weight excluding hydrogens is 697 g/mol. The largest absolute Gasteiger partial charge is 0.493 e. The number of fused-ring (bicyclic) bond motifs is 5. The van der Waals surface area contributed by atoms with Crippen molar-refractivity contribution in [3.63, 3.8) is 0 Å². The quantitative estimate of drug-likeness (QED) is 0.156. The number of amides is 1. The van der Waals surface area contributed by atoms with Crippen molar-refractivity contribution in [1.29, 1.82) is 0 Å². The molecule has 0 bridgehead atoms. The van der Waals surface area contributed by atoms with E-state index in [4.69, 9.17) is 14.1 Å². The van der Waals surface area contributed by atoms with E-state index >= 15 is 8.78 Å². The van der Waals surface area contributed by atoms with E-state index in [1.54, 1.807) is 31.3 Å². The van der Waals surface area contributed by atoms with Gasteiger partial charge in [-0.3, -0.25) is 9.78 Å². The molecule has 4 atom stereocenters. The van der Waals surface area contributed by atoms with Crippen LogP contribution in [0.3, 0.4) is 0 Å². The average Bonchev–Trinajstić information content (AvgIpc) is 3.97. The molecule has 1 saturated heterocycles. The zero-order valence-electron chi connectivity index (χ0n) is 27.9. The highest BCUT2D eigenvalue weighted by Crippen LogP contribution is 2.52. The zero-order chi connectivity index (χ0) is 35.8. The molecule has 1 amide bonds. The molecule has 2 aromatic carbocycles. The maximum absolute atomic E-state index is 15.7. The van der Waals surface area contributed by atoms with Gasteiger partial charge in [-0.15, -0.1) is 21.5 Å². The number of carbonyl (C=O) groups excluding carboxylic acids is 1. The summed E-state index contributed by atoms with van der Waals surface area (Å²) in [5.41, 5.74) is 3.96. The molecule has 6 aromatic rings. The molecular formula is C38H30F4N6O3S.